The molecule has 2 aromatic carbocycles. The molecule has 3 N–H and O–H groups in total. The smallest absolute Gasteiger partial charge is 0.258 e. The minimum absolute atomic E-state index is 0.250. The fourth-order valence-electron chi connectivity index (χ4n) is 3.83. The molecule has 0 aliphatic rings. The van der Waals surface area contributed by atoms with Crippen LogP contribution in [0.2, 0.25) is 0 Å². The number of aryl methyl sites for hydroxylation is 1. The number of nitrogens with two attached hydrogens (primary N) is 1. The first-order valence-electron chi connectivity index (χ1n) is 10.2. The van der Waals surface area contributed by atoms with E-state index in [0.717, 1.165) is 33.3 Å². The Bertz CT molecular complexity index is 1570. The highest BCUT2D eigenvalue weighted by Crippen LogP contribution is 2.32. The maximum atomic E-state index is 13.2. The zero-order valence-electron chi connectivity index (χ0n) is 17.7. The van der Waals surface area contributed by atoms with E-state index in [1.165, 1.54) is 17.7 Å². The van der Waals surface area contributed by atoms with Gasteiger partial charge in [0, 0.05) is 28.8 Å². The molecule has 5 rings (SSSR count). The number of pyridine rings is 1. The van der Waals surface area contributed by atoms with Crippen LogP contribution in [-0.4, -0.2) is 20.9 Å². The molecule has 0 atom stereocenters. The summed E-state index contributed by atoms with van der Waals surface area (Å²) in [6.07, 6.45) is 3.74. The van der Waals surface area contributed by atoms with E-state index >= 15 is 0 Å². The second-order valence-corrected chi connectivity index (χ2v) is 8.52. The Morgan fingerprint density at radius 3 is 2.70 bits per heavy atom. The average molecular weight is 451 g/mol. The minimum atomic E-state index is -0.250. The molecule has 0 saturated heterocycles. The Hall–Kier alpha value is -4.35. The molecule has 0 aliphatic heterocycles. The number of hydrogen-bond acceptors (Lipinski definition) is 7. The predicted octanol–water partition coefficient (Wildman–Crippen LogP) is 4.84. The molecule has 0 aliphatic carbocycles. The van der Waals surface area contributed by atoms with Gasteiger partial charge in [-0.25, -0.2) is 9.97 Å². The summed E-state index contributed by atoms with van der Waals surface area (Å²) >= 11 is 1.35. The van der Waals surface area contributed by atoms with Crippen molar-refractivity contribution in [3.8, 4) is 6.07 Å². The van der Waals surface area contributed by atoms with Crippen molar-refractivity contribution in [2.24, 2.45) is 0 Å². The summed E-state index contributed by atoms with van der Waals surface area (Å²) in [5.74, 6) is 0.115. The Morgan fingerprint density at radius 1 is 1.09 bits per heavy atom. The maximum Gasteiger partial charge on any atom is 0.258 e. The Kier molecular flexibility index (Phi) is 5.17. The van der Waals surface area contributed by atoms with E-state index < -0.39 is 0 Å². The molecule has 3 aromatic heterocycles. The molecular weight excluding hydrogens is 432 g/mol. The number of carbonyl (C=O) groups is 1. The van der Waals surface area contributed by atoms with Crippen molar-refractivity contribution in [3.05, 3.63) is 88.3 Å². The third-order valence-corrected chi connectivity index (χ3v) is 6.55. The van der Waals surface area contributed by atoms with Crippen LogP contribution in [-0.2, 0) is 6.42 Å². The summed E-state index contributed by atoms with van der Waals surface area (Å²) in [6.45, 7) is 1.96. The van der Waals surface area contributed by atoms with E-state index in [0.29, 0.717) is 33.6 Å². The minimum Gasteiger partial charge on any atom is -0.382 e. The first-order valence-corrected chi connectivity index (χ1v) is 11.1. The fraction of sp³-hybridized carbons (Fsp3) is 0.0800. The van der Waals surface area contributed by atoms with Crippen LogP contribution in [0.15, 0.2) is 60.4 Å². The van der Waals surface area contributed by atoms with Gasteiger partial charge in [0.05, 0.1) is 38.8 Å². The van der Waals surface area contributed by atoms with Gasteiger partial charge in [0.15, 0.2) is 0 Å². The molecule has 1 amide bonds. The summed E-state index contributed by atoms with van der Waals surface area (Å²) in [5, 5.41) is 15.7. The molecular formula is C25H18N6OS. The molecule has 0 bridgehead atoms. The summed E-state index contributed by atoms with van der Waals surface area (Å²) in [7, 11) is 0. The van der Waals surface area contributed by atoms with Crippen molar-refractivity contribution >= 4 is 49.7 Å². The van der Waals surface area contributed by atoms with Crippen LogP contribution >= 0.6 is 11.3 Å². The van der Waals surface area contributed by atoms with Crippen LogP contribution in [0.25, 0.3) is 21.0 Å². The van der Waals surface area contributed by atoms with Crippen LogP contribution in [0.1, 0.15) is 32.7 Å². The normalized spacial score (nSPS) is 10.9. The highest BCUT2D eigenvalue weighted by Gasteiger charge is 2.18. The lowest BCUT2D eigenvalue weighted by Gasteiger charge is -2.14. The van der Waals surface area contributed by atoms with Gasteiger partial charge in [0.2, 0.25) is 0 Å². The number of nitrogen functional groups attached to an aromatic ring is 1. The Morgan fingerprint density at radius 2 is 1.91 bits per heavy atom. The SMILES string of the molecule is Cc1ccc2c(Cc3ccc(C#N)cc3)nccc2c1NC(=O)c1csc2c(N)ncnc12. The van der Waals surface area contributed by atoms with Crippen molar-refractivity contribution in [1.29, 1.82) is 5.26 Å². The van der Waals surface area contributed by atoms with E-state index in [4.69, 9.17) is 11.0 Å². The number of nitrogens with zero attached hydrogens (tertiary/aromatic N) is 4. The third-order valence-electron chi connectivity index (χ3n) is 5.56. The molecule has 3 heterocycles. The molecule has 5 aromatic rings. The fourth-order valence-corrected chi connectivity index (χ4v) is 4.73. The van der Waals surface area contributed by atoms with Gasteiger partial charge in [-0.2, -0.15) is 5.26 Å². The molecule has 8 heteroatoms. The van der Waals surface area contributed by atoms with Gasteiger partial charge >= 0.3 is 0 Å². The number of anilines is 2. The van der Waals surface area contributed by atoms with Gasteiger partial charge < -0.3 is 11.1 Å². The largest absolute Gasteiger partial charge is 0.382 e. The molecule has 33 heavy (non-hydrogen) atoms. The van der Waals surface area contributed by atoms with Gasteiger partial charge in [0.1, 0.15) is 12.1 Å². The number of nitriles is 1. The number of amides is 1. The van der Waals surface area contributed by atoms with Gasteiger partial charge in [-0.1, -0.05) is 24.3 Å². The van der Waals surface area contributed by atoms with E-state index in [1.54, 1.807) is 23.7 Å². The van der Waals surface area contributed by atoms with E-state index in [9.17, 15) is 4.79 Å². The monoisotopic (exact) mass is 450 g/mol. The number of nitrogens with one attached hydrogen (secondary N) is 1. The number of aromatic nitrogens is 3. The van der Waals surface area contributed by atoms with Crippen molar-refractivity contribution in [3.63, 3.8) is 0 Å². The van der Waals surface area contributed by atoms with Gasteiger partial charge in [0.25, 0.3) is 5.91 Å². The summed E-state index contributed by atoms with van der Waals surface area (Å²) in [5.41, 5.74) is 11.2. The second-order valence-electron chi connectivity index (χ2n) is 7.64. The molecule has 0 saturated carbocycles. The number of hydrogen-bond donors (Lipinski definition) is 2. The highest BCUT2D eigenvalue weighted by molar-refractivity contribution is 7.18. The van der Waals surface area contributed by atoms with Crippen molar-refractivity contribution < 1.29 is 4.79 Å². The highest BCUT2D eigenvalue weighted by atomic mass is 32.1. The van der Waals surface area contributed by atoms with Crippen LogP contribution in [0.3, 0.4) is 0 Å². The molecule has 0 unspecified atom stereocenters. The van der Waals surface area contributed by atoms with Gasteiger partial charge in [-0.05, 0) is 36.2 Å². The summed E-state index contributed by atoms with van der Waals surface area (Å²) in [4.78, 5) is 26.0. The lowest BCUT2D eigenvalue weighted by molar-refractivity contribution is 0.102. The molecule has 0 radical (unpaired) electrons. The standard InChI is InChI=1S/C25H18N6OS/c1-14-2-7-17-18(8-9-28-20(17)10-15-3-5-16(11-26)6-4-15)21(14)31-25(32)19-12-33-23-22(19)29-13-30-24(23)27/h2-9,12-13H,10H2,1H3,(H,31,32)(H2,27,29,30). The number of rotatable bonds is 4. The molecule has 0 spiro atoms. The second kappa shape index (κ2) is 8.30. The third kappa shape index (κ3) is 3.75. The first kappa shape index (κ1) is 20.5. The van der Waals surface area contributed by atoms with Crippen molar-refractivity contribution in [2.75, 3.05) is 11.1 Å². The summed E-state index contributed by atoms with van der Waals surface area (Å²) < 4.78 is 0.700. The van der Waals surface area contributed by atoms with E-state index in [1.807, 2.05) is 37.3 Å². The quantitative estimate of drug-likeness (QED) is 0.404. The Balaban J connectivity index is 1.52. The van der Waals surface area contributed by atoms with Crippen LogP contribution < -0.4 is 11.1 Å². The van der Waals surface area contributed by atoms with E-state index in [-0.39, 0.29) is 5.91 Å². The van der Waals surface area contributed by atoms with Crippen LogP contribution in [0.4, 0.5) is 11.5 Å². The summed E-state index contributed by atoms with van der Waals surface area (Å²) in [6, 6.07) is 15.5. The van der Waals surface area contributed by atoms with Crippen molar-refractivity contribution in [1.82, 2.24) is 15.0 Å². The molecule has 0 fully saturated rings. The Labute approximate surface area is 193 Å². The number of carbonyl (C=O) groups excluding carboxylic acids is 1. The number of benzene rings is 2. The number of thiophene rings is 1. The van der Waals surface area contributed by atoms with Crippen molar-refractivity contribution in [2.45, 2.75) is 13.3 Å². The lowest BCUT2D eigenvalue weighted by atomic mass is 9.99. The average Bonchev–Trinajstić information content (AvgIpc) is 3.27. The maximum absolute atomic E-state index is 13.2. The zero-order valence-corrected chi connectivity index (χ0v) is 18.5. The van der Waals surface area contributed by atoms with Crippen LogP contribution in [0.5, 0.6) is 0 Å². The first-order chi connectivity index (χ1) is 16.0. The molecule has 7 nitrogen and oxygen atoms in total. The van der Waals surface area contributed by atoms with Crippen LogP contribution in [0, 0.1) is 18.3 Å². The molecule has 160 valence electrons. The van der Waals surface area contributed by atoms with Gasteiger partial charge in [-0.3, -0.25) is 9.78 Å². The van der Waals surface area contributed by atoms with Gasteiger partial charge in [-0.15, -0.1) is 11.3 Å². The lowest BCUT2D eigenvalue weighted by Crippen LogP contribution is -2.13. The van der Waals surface area contributed by atoms with E-state index in [2.05, 4.69) is 26.3 Å². The zero-order chi connectivity index (χ0) is 22.9. The number of fused-ring (bicyclic) bond motifs is 2. The topological polar surface area (TPSA) is 118 Å². The predicted molar refractivity (Wildman–Crippen MR) is 130 cm³/mol.